The highest BCUT2D eigenvalue weighted by Crippen LogP contribution is 2.26. The van der Waals surface area contributed by atoms with Gasteiger partial charge in [0.1, 0.15) is 5.75 Å². The summed E-state index contributed by atoms with van der Waals surface area (Å²) in [5.41, 5.74) is 8.76. The standard InChI is InChI=1S/C17H19ClN2O/c1-2-3-10-20-17(13-6-4-5-7-16(13)21)14-11-12(18)8-9-15(14)19/h4-9,11,21H,2-3,10,19H2,1H3. The van der Waals surface area contributed by atoms with Crippen LogP contribution in [0, 0.1) is 0 Å². The molecule has 0 spiro atoms. The molecule has 0 bridgehead atoms. The Hall–Kier alpha value is -2.00. The summed E-state index contributed by atoms with van der Waals surface area (Å²) < 4.78 is 0. The third kappa shape index (κ3) is 3.76. The molecule has 0 aromatic heterocycles. The largest absolute Gasteiger partial charge is 0.507 e. The highest BCUT2D eigenvalue weighted by molar-refractivity contribution is 6.31. The number of halogens is 1. The molecular formula is C17H19ClN2O. The fourth-order valence-electron chi connectivity index (χ4n) is 2.07. The van der Waals surface area contributed by atoms with E-state index in [4.69, 9.17) is 17.3 Å². The van der Waals surface area contributed by atoms with Crippen molar-refractivity contribution in [1.82, 2.24) is 0 Å². The average molecular weight is 303 g/mol. The number of phenols is 1. The van der Waals surface area contributed by atoms with E-state index in [2.05, 4.69) is 11.9 Å². The van der Waals surface area contributed by atoms with E-state index >= 15 is 0 Å². The Bertz CT molecular complexity index is 653. The molecule has 21 heavy (non-hydrogen) atoms. The SMILES string of the molecule is CCCCN=C(c1cc(Cl)ccc1N)c1ccccc1O. The smallest absolute Gasteiger partial charge is 0.124 e. The zero-order valence-electron chi connectivity index (χ0n) is 12.0. The summed E-state index contributed by atoms with van der Waals surface area (Å²) in [7, 11) is 0. The predicted octanol–water partition coefficient (Wildman–Crippen LogP) is 4.27. The van der Waals surface area contributed by atoms with Gasteiger partial charge in [-0.2, -0.15) is 0 Å². The van der Waals surface area contributed by atoms with Crippen molar-refractivity contribution in [3.05, 3.63) is 58.6 Å². The molecule has 0 fully saturated rings. The molecule has 0 unspecified atom stereocenters. The normalized spacial score (nSPS) is 11.6. The Morgan fingerprint density at radius 3 is 2.67 bits per heavy atom. The van der Waals surface area contributed by atoms with Crippen LogP contribution in [0.2, 0.25) is 5.02 Å². The average Bonchev–Trinajstić information content (AvgIpc) is 2.48. The molecular weight excluding hydrogens is 284 g/mol. The summed E-state index contributed by atoms with van der Waals surface area (Å²) in [6, 6.07) is 12.4. The minimum absolute atomic E-state index is 0.187. The zero-order valence-corrected chi connectivity index (χ0v) is 12.8. The molecule has 4 heteroatoms. The second kappa shape index (κ2) is 7.14. The van der Waals surface area contributed by atoms with Crippen LogP contribution in [0.25, 0.3) is 0 Å². The number of benzene rings is 2. The van der Waals surface area contributed by atoms with Gasteiger partial charge < -0.3 is 10.8 Å². The second-order valence-corrected chi connectivity index (χ2v) is 5.27. The molecule has 3 nitrogen and oxygen atoms in total. The van der Waals surface area contributed by atoms with Gasteiger partial charge in [-0.05, 0) is 36.8 Å². The van der Waals surface area contributed by atoms with E-state index in [1.165, 1.54) is 0 Å². The van der Waals surface area contributed by atoms with Crippen molar-refractivity contribution >= 4 is 23.0 Å². The molecule has 0 aliphatic heterocycles. The zero-order chi connectivity index (χ0) is 15.2. The maximum atomic E-state index is 10.1. The molecule has 0 heterocycles. The van der Waals surface area contributed by atoms with Gasteiger partial charge in [0.05, 0.1) is 5.71 Å². The molecule has 0 radical (unpaired) electrons. The second-order valence-electron chi connectivity index (χ2n) is 4.83. The van der Waals surface area contributed by atoms with Crippen LogP contribution in [0.3, 0.4) is 0 Å². The van der Waals surface area contributed by atoms with Crippen molar-refractivity contribution in [1.29, 1.82) is 0 Å². The van der Waals surface area contributed by atoms with Crippen LogP contribution in [0.4, 0.5) is 5.69 Å². The molecule has 2 aromatic rings. The molecule has 3 N–H and O–H groups in total. The minimum Gasteiger partial charge on any atom is -0.507 e. The number of para-hydroxylation sites is 1. The van der Waals surface area contributed by atoms with Crippen LogP contribution >= 0.6 is 11.6 Å². The number of nitrogens with zero attached hydrogens (tertiary/aromatic N) is 1. The van der Waals surface area contributed by atoms with Crippen LogP contribution in [0.5, 0.6) is 5.75 Å². The number of anilines is 1. The molecule has 0 atom stereocenters. The van der Waals surface area contributed by atoms with Crippen molar-refractivity contribution in [3.8, 4) is 5.75 Å². The van der Waals surface area contributed by atoms with E-state index in [0.717, 1.165) is 18.4 Å². The van der Waals surface area contributed by atoms with E-state index in [-0.39, 0.29) is 5.75 Å². The van der Waals surface area contributed by atoms with E-state index in [0.29, 0.717) is 28.5 Å². The van der Waals surface area contributed by atoms with Crippen LogP contribution in [-0.2, 0) is 0 Å². The first kappa shape index (κ1) is 15.4. The third-order valence-corrected chi connectivity index (χ3v) is 3.45. The van der Waals surface area contributed by atoms with Crippen molar-refractivity contribution in [2.24, 2.45) is 4.99 Å². The third-order valence-electron chi connectivity index (χ3n) is 3.21. The van der Waals surface area contributed by atoms with Gasteiger partial charge in [0.25, 0.3) is 0 Å². The number of phenolic OH excluding ortho intramolecular Hbond substituents is 1. The fourth-order valence-corrected chi connectivity index (χ4v) is 2.24. The van der Waals surface area contributed by atoms with E-state index in [9.17, 15) is 5.11 Å². The lowest BCUT2D eigenvalue weighted by Gasteiger charge is -2.12. The highest BCUT2D eigenvalue weighted by Gasteiger charge is 2.14. The van der Waals surface area contributed by atoms with Crippen LogP contribution in [-0.4, -0.2) is 17.4 Å². The number of aliphatic imine (C=N–C) groups is 1. The maximum Gasteiger partial charge on any atom is 0.124 e. The Balaban J connectivity index is 2.54. The Morgan fingerprint density at radius 2 is 1.95 bits per heavy atom. The lowest BCUT2D eigenvalue weighted by Crippen LogP contribution is -2.08. The van der Waals surface area contributed by atoms with Crippen molar-refractivity contribution < 1.29 is 5.11 Å². The summed E-state index contributed by atoms with van der Waals surface area (Å²) in [5, 5.41) is 10.7. The first-order valence-corrected chi connectivity index (χ1v) is 7.39. The van der Waals surface area contributed by atoms with Gasteiger partial charge in [-0.25, -0.2) is 0 Å². The van der Waals surface area contributed by atoms with Crippen molar-refractivity contribution in [2.75, 3.05) is 12.3 Å². The monoisotopic (exact) mass is 302 g/mol. The first-order valence-electron chi connectivity index (χ1n) is 7.01. The lowest BCUT2D eigenvalue weighted by molar-refractivity contribution is 0.474. The van der Waals surface area contributed by atoms with Gasteiger partial charge in [0, 0.05) is 28.4 Å². The summed E-state index contributed by atoms with van der Waals surface area (Å²) in [6.45, 7) is 2.80. The molecule has 2 rings (SSSR count). The molecule has 0 aliphatic rings. The van der Waals surface area contributed by atoms with Crippen molar-refractivity contribution in [3.63, 3.8) is 0 Å². The number of rotatable bonds is 5. The molecule has 0 saturated heterocycles. The topological polar surface area (TPSA) is 58.6 Å². The van der Waals surface area contributed by atoms with Gasteiger partial charge in [0.15, 0.2) is 0 Å². The van der Waals surface area contributed by atoms with Crippen LogP contribution < -0.4 is 5.73 Å². The lowest BCUT2D eigenvalue weighted by atomic mass is 9.99. The molecule has 110 valence electrons. The quantitative estimate of drug-likeness (QED) is 0.492. The number of nitrogen functional groups attached to an aromatic ring is 1. The highest BCUT2D eigenvalue weighted by atomic mass is 35.5. The number of hydrogen-bond acceptors (Lipinski definition) is 3. The first-order chi connectivity index (χ1) is 10.1. The van der Waals surface area contributed by atoms with Gasteiger partial charge in [-0.1, -0.05) is 37.1 Å². The summed E-state index contributed by atoms with van der Waals surface area (Å²) in [6.07, 6.45) is 2.04. The van der Waals surface area contributed by atoms with Gasteiger partial charge in [-0.15, -0.1) is 0 Å². The minimum atomic E-state index is 0.187. The van der Waals surface area contributed by atoms with Gasteiger partial charge in [-0.3, -0.25) is 4.99 Å². The molecule has 0 amide bonds. The van der Waals surface area contributed by atoms with Crippen LogP contribution in [0.1, 0.15) is 30.9 Å². The Labute approximate surface area is 130 Å². The van der Waals surface area contributed by atoms with Gasteiger partial charge in [0.2, 0.25) is 0 Å². The number of hydrogen-bond donors (Lipinski definition) is 2. The van der Waals surface area contributed by atoms with E-state index in [1.807, 2.05) is 12.1 Å². The molecule has 2 aromatic carbocycles. The summed E-state index contributed by atoms with van der Waals surface area (Å²) in [5.74, 6) is 0.187. The predicted molar refractivity (Wildman–Crippen MR) is 89.4 cm³/mol. The molecule has 0 aliphatic carbocycles. The molecule has 0 saturated carbocycles. The number of nitrogens with two attached hydrogens (primary N) is 1. The van der Waals surface area contributed by atoms with E-state index < -0.39 is 0 Å². The number of aromatic hydroxyl groups is 1. The van der Waals surface area contributed by atoms with Crippen molar-refractivity contribution in [2.45, 2.75) is 19.8 Å². The fraction of sp³-hybridized carbons (Fsp3) is 0.235. The van der Waals surface area contributed by atoms with E-state index in [1.54, 1.807) is 30.3 Å². The van der Waals surface area contributed by atoms with Crippen LogP contribution in [0.15, 0.2) is 47.5 Å². The van der Waals surface area contributed by atoms with Gasteiger partial charge >= 0.3 is 0 Å². The Kier molecular flexibility index (Phi) is 5.23. The summed E-state index contributed by atoms with van der Waals surface area (Å²) in [4.78, 5) is 4.63. The summed E-state index contributed by atoms with van der Waals surface area (Å²) >= 11 is 6.08. The maximum absolute atomic E-state index is 10.1. The Morgan fingerprint density at radius 1 is 1.19 bits per heavy atom. The number of unbranched alkanes of at least 4 members (excludes halogenated alkanes) is 1.